The average molecular weight is 298 g/mol. The van der Waals surface area contributed by atoms with Crippen LogP contribution in [0.15, 0.2) is 12.4 Å². The van der Waals surface area contributed by atoms with Crippen LogP contribution in [0.1, 0.15) is 13.8 Å². The van der Waals surface area contributed by atoms with Crippen molar-refractivity contribution in [1.82, 2.24) is 14.7 Å². The van der Waals surface area contributed by atoms with Crippen molar-refractivity contribution in [1.29, 1.82) is 0 Å². The predicted molar refractivity (Wildman–Crippen MR) is 77.2 cm³/mol. The van der Waals surface area contributed by atoms with Crippen molar-refractivity contribution < 1.29 is 19.4 Å². The molecular formula is C13H22N4O4. The van der Waals surface area contributed by atoms with Gasteiger partial charge >= 0.3 is 12.0 Å². The number of nitrogens with one attached hydrogen (secondary N) is 1. The lowest BCUT2D eigenvalue weighted by Crippen LogP contribution is -2.40. The summed E-state index contributed by atoms with van der Waals surface area (Å²) in [5.41, 5.74) is 0.523. The summed E-state index contributed by atoms with van der Waals surface area (Å²) in [6.45, 7) is 4.98. The Morgan fingerprint density at radius 2 is 2.24 bits per heavy atom. The second-order valence-electron chi connectivity index (χ2n) is 5.08. The number of urea groups is 1. The van der Waals surface area contributed by atoms with E-state index >= 15 is 0 Å². The first-order valence-electron chi connectivity index (χ1n) is 6.71. The van der Waals surface area contributed by atoms with Crippen LogP contribution in [-0.4, -0.2) is 58.6 Å². The molecule has 0 spiro atoms. The third-order valence-corrected chi connectivity index (χ3v) is 2.61. The second kappa shape index (κ2) is 8.25. The van der Waals surface area contributed by atoms with Gasteiger partial charge in [0.2, 0.25) is 0 Å². The van der Waals surface area contributed by atoms with Gasteiger partial charge in [-0.1, -0.05) is 13.8 Å². The van der Waals surface area contributed by atoms with Crippen LogP contribution in [0.4, 0.5) is 10.5 Å². The summed E-state index contributed by atoms with van der Waals surface area (Å²) in [5, 5.41) is 15.6. The van der Waals surface area contributed by atoms with E-state index in [2.05, 4.69) is 10.4 Å². The molecule has 0 aliphatic heterocycles. The first kappa shape index (κ1) is 17.0. The number of hydrogen-bond donors (Lipinski definition) is 2. The highest BCUT2D eigenvalue weighted by molar-refractivity contribution is 5.91. The van der Waals surface area contributed by atoms with Crippen LogP contribution in [0.25, 0.3) is 0 Å². The zero-order valence-corrected chi connectivity index (χ0v) is 12.6. The fourth-order valence-electron chi connectivity index (χ4n) is 1.76. The Hall–Kier alpha value is -2.09. The van der Waals surface area contributed by atoms with Gasteiger partial charge in [0.15, 0.2) is 0 Å². The molecule has 0 fully saturated rings. The molecule has 2 N–H and O–H groups in total. The van der Waals surface area contributed by atoms with Crippen LogP contribution >= 0.6 is 0 Å². The molecule has 1 rings (SSSR count). The highest BCUT2D eigenvalue weighted by Gasteiger charge is 2.18. The molecule has 118 valence electrons. The van der Waals surface area contributed by atoms with E-state index in [0.717, 1.165) is 0 Å². The van der Waals surface area contributed by atoms with E-state index in [1.54, 1.807) is 18.0 Å². The topological polar surface area (TPSA) is 96.7 Å². The molecule has 8 nitrogen and oxygen atoms in total. The quantitative estimate of drug-likeness (QED) is 0.749. The van der Waals surface area contributed by atoms with E-state index in [1.165, 1.54) is 11.1 Å². The van der Waals surface area contributed by atoms with E-state index in [4.69, 9.17) is 9.84 Å². The van der Waals surface area contributed by atoms with E-state index in [1.807, 2.05) is 13.8 Å². The van der Waals surface area contributed by atoms with Gasteiger partial charge in [0.05, 0.1) is 25.0 Å². The van der Waals surface area contributed by atoms with Crippen molar-refractivity contribution in [2.24, 2.45) is 5.92 Å². The van der Waals surface area contributed by atoms with Crippen LogP contribution in [0, 0.1) is 5.92 Å². The van der Waals surface area contributed by atoms with E-state index in [9.17, 15) is 9.59 Å². The summed E-state index contributed by atoms with van der Waals surface area (Å²) in [4.78, 5) is 24.2. The van der Waals surface area contributed by atoms with Crippen LogP contribution in [-0.2, 0) is 16.1 Å². The van der Waals surface area contributed by atoms with Gasteiger partial charge in [-0.25, -0.2) is 4.79 Å². The minimum Gasteiger partial charge on any atom is -0.480 e. The number of anilines is 1. The lowest BCUT2D eigenvalue weighted by Gasteiger charge is -2.22. The second-order valence-corrected chi connectivity index (χ2v) is 5.08. The van der Waals surface area contributed by atoms with Crippen LogP contribution in [0.5, 0.6) is 0 Å². The average Bonchev–Trinajstić information content (AvgIpc) is 2.82. The van der Waals surface area contributed by atoms with E-state index in [-0.39, 0.29) is 12.5 Å². The summed E-state index contributed by atoms with van der Waals surface area (Å²) in [6.07, 6.45) is 3.19. The molecule has 0 aliphatic carbocycles. The highest BCUT2D eigenvalue weighted by atomic mass is 16.5. The predicted octanol–water partition coefficient (Wildman–Crippen LogP) is 1.10. The molecule has 0 saturated heterocycles. The van der Waals surface area contributed by atoms with Gasteiger partial charge in [-0.05, 0) is 5.92 Å². The Labute approximate surface area is 123 Å². The van der Waals surface area contributed by atoms with Crippen molar-refractivity contribution >= 4 is 17.7 Å². The number of aromatic nitrogens is 2. The van der Waals surface area contributed by atoms with Crippen molar-refractivity contribution in [2.45, 2.75) is 20.4 Å². The van der Waals surface area contributed by atoms with Crippen molar-refractivity contribution in [3.05, 3.63) is 12.4 Å². The zero-order chi connectivity index (χ0) is 15.8. The molecule has 1 aromatic rings. The Bertz CT molecular complexity index is 472. The molecule has 0 saturated carbocycles. The van der Waals surface area contributed by atoms with Gasteiger partial charge in [0.1, 0.15) is 6.54 Å². The third-order valence-electron chi connectivity index (χ3n) is 2.61. The number of methoxy groups -OCH3 is 1. The monoisotopic (exact) mass is 298 g/mol. The molecule has 0 unspecified atom stereocenters. The van der Waals surface area contributed by atoms with Crippen LogP contribution in [0.3, 0.4) is 0 Å². The maximum atomic E-state index is 12.1. The number of carboxylic acid groups (broad SMARTS) is 1. The first-order valence-corrected chi connectivity index (χ1v) is 6.71. The third kappa shape index (κ3) is 6.26. The van der Waals surface area contributed by atoms with E-state index < -0.39 is 12.0 Å². The lowest BCUT2D eigenvalue weighted by molar-refractivity contribution is -0.137. The number of carboxylic acids is 1. The molecule has 0 atom stereocenters. The summed E-state index contributed by atoms with van der Waals surface area (Å²) >= 11 is 0. The number of carbonyl (C=O) groups excluding carboxylic acids is 1. The maximum Gasteiger partial charge on any atom is 0.323 e. The molecule has 0 bridgehead atoms. The number of ether oxygens (including phenoxy) is 1. The smallest absolute Gasteiger partial charge is 0.323 e. The summed E-state index contributed by atoms with van der Waals surface area (Å²) in [6, 6.07) is -0.447. The summed E-state index contributed by atoms with van der Waals surface area (Å²) in [5.74, 6) is -0.860. The molecule has 1 heterocycles. The molecule has 0 aromatic carbocycles. The van der Waals surface area contributed by atoms with Crippen LogP contribution in [0.2, 0.25) is 0 Å². The summed E-state index contributed by atoms with van der Waals surface area (Å²) in [7, 11) is 1.60. The Morgan fingerprint density at radius 3 is 2.81 bits per heavy atom. The van der Waals surface area contributed by atoms with Crippen molar-refractivity contribution in [3.8, 4) is 0 Å². The minimum atomic E-state index is -1.04. The molecule has 0 aliphatic rings. The van der Waals surface area contributed by atoms with Gasteiger partial charge in [-0.3, -0.25) is 9.48 Å². The van der Waals surface area contributed by atoms with Crippen LogP contribution < -0.4 is 5.32 Å². The van der Waals surface area contributed by atoms with Gasteiger partial charge in [-0.15, -0.1) is 0 Å². The molecule has 21 heavy (non-hydrogen) atoms. The number of carbonyl (C=O) groups is 2. The Kier molecular flexibility index (Phi) is 6.67. The molecule has 2 amide bonds. The molecule has 8 heteroatoms. The molecule has 0 radical (unpaired) electrons. The minimum absolute atomic E-state index is 0.180. The number of hydrogen-bond acceptors (Lipinski definition) is 4. The summed E-state index contributed by atoms with van der Waals surface area (Å²) < 4.78 is 6.58. The fourth-order valence-corrected chi connectivity index (χ4v) is 1.76. The Balaban J connectivity index is 2.62. The lowest BCUT2D eigenvalue weighted by atomic mass is 10.2. The van der Waals surface area contributed by atoms with Gasteiger partial charge in [0, 0.05) is 19.9 Å². The molecular weight excluding hydrogens is 276 g/mol. The number of nitrogens with zero attached hydrogens (tertiary/aromatic N) is 3. The number of amides is 2. The normalized spacial score (nSPS) is 10.7. The SMILES string of the molecule is COCCn1cc(NC(=O)N(CC(=O)O)CC(C)C)cn1. The Morgan fingerprint density at radius 1 is 1.52 bits per heavy atom. The van der Waals surface area contributed by atoms with Gasteiger partial charge < -0.3 is 20.1 Å². The maximum absolute atomic E-state index is 12.1. The highest BCUT2D eigenvalue weighted by Crippen LogP contribution is 2.08. The first-order chi connectivity index (χ1) is 9.92. The van der Waals surface area contributed by atoms with Gasteiger partial charge in [0.25, 0.3) is 0 Å². The largest absolute Gasteiger partial charge is 0.480 e. The number of rotatable bonds is 8. The standard InChI is InChI=1S/C13H22N4O4/c1-10(2)7-16(9-12(18)19)13(20)15-11-6-14-17(8-11)4-5-21-3/h6,8,10H,4-5,7,9H2,1-3H3,(H,15,20)(H,18,19). The van der Waals surface area contributed by atoms with E-state index in [0.29, 0.717) is 25.4 Å². The number of aliphatic carboxylic acids is 1. The molecule has 1 aromatic heterocycles. The fraction of sp³-hybridized carbons (Fsp3) is 0.615. The zero-order valence-electron chi connectivity index (χ0n) is 12.6. The van der Waals surface area contributed by atoms with Gasteiger partial charge in [-0.2, -0.15) is 5.10 Å². The van der Waals surface area contributed by atoms with Crippen molar-refractivity contribution in [3.63, 3.8) is 0 Å². The van der Waals surface area contributed by atoms with Crippen molar-refractivity contribution in [2.75, 3.05) is 32.1 Å².